The number of aromatic nitrogens is 2. The van der Waals surface area contributed by atoms with Gasteiger partial charge >= 0.3 is 6.09 Å². The Balaban J connectivity index is 1.16. The minimum Gasteiger partial charge on any atom is -0.445 e. The molecule has 1 saturated heterocycles. The molecule has 1 aliphatic heterocycles. The van der Waals surface area contributed by atoms with Crippen molar-refractivity contribution in [3.63, 3.8) is 0 Å². The smallest absolute Gasteiger partial charge is 0.410 e. The standard InChI is InChI=1S/C26H26N4O2/c31-26(32-19-20-7-3-1-4-8-20)30-15-13-29(14-16-30)18-21-11-12-23-24(17-21)28-25(27-23)22-9-5-2-6-10-22/h1-12,17H,13-16,18-19H2,(H,27,28). The van der Waals surface area contributed by atoms with Crippen LogP contribution in [0.1, 0.15) is 11.1 Å². The molecule has 5 rings (SSSR count). The Hall–Kier alpha value is -3.64. The van der Waals surface area contributed by atoms with E-state index in [-0.39, 0.29) is 6.09 Å². The summed E-state index contributed by atoms with van der Waals surface area (Å²) in [5, 5.41) is 0. The highest BCUT2D eigenvalue weighted by Crippen LogP contribution is 2.22. The number of nitrogens with zero attached hydrogens (tertiary/aromatic N) is 3. The minimum atomic E-state index is -0.236. The van der Waals surface area contributed by atoms with Gasteiger partial charge in [-0.05, 0) is 23.3 Å². The quantitative estimate of drug-likeness (QED) is 0.503. The van der Waals surface area contributed by atoms with Gasteiger partial charge in [0.05, 0.1) is 11.0 Å². The number of amides is 1. The van der Waals surface area contributed by atoms with E-state index in [9.17, 15) is 4.79 Å². The molecule has 1 N–H and O–H groups in total. The zero-order chi connectivity index (χ0) is 21.8. The Kier molecular flexibility index (Phi) is 5.85. The van der Waals surface area contributed by atoms with Gasteiger partial charge in [-0.15, -0.1) is 0 Å². The molecule has 6 heteroatoms. The molecule has 1 aliphatic rings. The van der Waals surface area contributed by atoms with Gasteiger partial charge in [0, 0.05) is 38.3 Å². The average molecular weight is 427 g/mol. The molecule has 1 amide bonds. The fourth-order valence-electron chi connectivity index (χ4n) is 4.04. The van der Waals surface area contributed by atoms with Crippen molar-refractivity contribution in [1.29, 1.82) is 0 Å². The number of nitrogens with one attached hydrogen (secondary N) is 1. The van der Waals surface area contributed by atoms with Gasteiger partial charge in [-0.2, -0.15) is 0 Å². The summed E-state index contributed by atoms with van der Waals surface area (Å²) in [7, 11) is 0. The van der Waals surface area contributed by atoms with Crippen LogP contribution in [0.5, 0.6) is 0 Å². The number of imidazole rings is 1. The number of rotatable bonds is 5. The second kappa shape index (κ2) is 9.24. The van der Waals surface area contributed by atoms with Crippen molar-refractivity contribution in [3.8, 4) is 11.4 Å². The molecule has 0 unspecified atom stereocenters. The SMILES string of the molecule is O=C(OCc1ccccc1)N1CCN(Cc2ccc3[nH]c(-c4ccccc4)nc3c2)CC1. The van der Waals surface area contributed by atoms with Crippen LogP contribution in [0, 0.1) is 0 Å². The van der Waals surface area contributed by atoms with Gasteiger partial charge in [0.2, 0.25) is 0 Å². The first-order chi connectivity index (χ1) is 15.7. The Morgan fingerprint density at radius 3 is 2.34 bits per heavy atom. The molecule has 1 fully saturated rings. The molecule has 0 atom stereocenters. The number of hydrogen-bond donors (Lipinski definition) is 1. The largest absolute Gasteiger partial charge is 0.445 e. The van der Waals surface area contributed by atoms with Crippen molar-refractivity contribution in [3.05, 3.63) is 90.0 Å². The summed E-state index contributed by atoms with van der Waals surface area (Å²) < 4.78 is 5.46. The van der Waals surface area contributed by atoms with Gasteiger partial charge in [0.15, 0.2) is 0 Å². The third-order valence-corrected chi connectivity index (χ3v) is 5.84. The topological polar surface area (TPSA) is 61.5 Å². The summed E-state index contributed by atoms with van der Waals surface area (Å²) in [6.45, 7) is 4.17. The van der Waals surface area contributed by atoms with Crippen LogP contribution in [0.4, 0.5) is 4.79 Å². The number of benzene rings is 3. The number of ether oxygens (including phenoxy) is 1. The van der Waals surface area contributed by atoms with E-state index < -0.39 is 0 Å². The Bertz CT molecular complexity index is 1180. The van der Waals surface area contributed by atoms with Crippen molar-refractivity contribution in [2.24, 2.45) is 0 Å². The summed E-state index contributed by atoms with van der Waals surface area (Å²) in [6, 6.07) is 26.3. The molecule has 3 aromatic carbocycles. The second-order valence-corrected chi connectivity index (χ2v) is 8.11. The highest BCUT2D eigenvalue weighted by molar-refractivity contribution is 5.80. The molecule has 0 aliphatic carbocycles. The van der Waals surface area contributed by atoms with E-state index in [1.165, 1.54) is 5.56 Å². The number of hydrogen-bond acceptors (Lipinski definition) is 4. The minimum absolute atomic E-state index is 0.236. The van der Waals surface area contributed by atoms with Gasteiger partial charge in [0.25, 0.3) is 0 Å². The van der Waals surface area contributed by atoms with Crippen molar-refractivity contribution < 1.29 is 9.53 Å². The number of carbonyl (C=O) groups excluding carboxylic acids is 1. The van der Waals surface area contributed by atoms with Crippen LogP contribution >= 0.6 is 0 Å². The molecule has 4 aromatic rings. The second-order valence-electron chi connectivity index (χ2n) is 8.11. The monoisotopic (exact) mass is 426 g/mol. The fraction of sp³-hybridized carbons (Fsp3) is 0.231. The first-order valence-electron chi connectivity index (χ1n) is 11.0. The lowest BCUT2D eigenvalue weighted by Gasteiger charge is -2.34. The molecule has 0 radical (unpaired) electrons. The highest BCUT2D eigenvalue weighted by atomic mass is 16.6. The Labute approximate surface area is 187 Å². The number of piperazine rings is 1. The van der Waals surface area contributed by atoms with E-state index in [0.29, 0.717) is 19.7 Å². The predicted molar refractivity (Wildman–Crippen MR) is 125 cm³/mol. The lowest BCUT2D eigenvalue weighted by Crippen LogP contribution is -2.48. The Morgan fingerprint density at radius 1 is 0.875 bits per heavy atom. The molecule has 1 aromatic heterocycles. The van der Waals surface area contributed by atoms with E-state index in [1.807, 2.05) is 48.5 Å². The number of fused-ring (bicyclic) bond motifs is 1. The number of H-pyrrole nitrogens is 1. The van der Waals surface area contributed by atoms with Crippen LogP contribution in [0.15, 0.2) is 78.9 Å². The third kappa shape index (κ3) is 4.65. The van der Waals surface area contributed by atoms with E-state index in [0.717, 1.165) is 47.6 Å². The molecule has 0 spiro atoms. The van der Waals surface area contributed by atoms with Crippen molar-refractivity contribution in [1.82, 2.24) is 19.8 Å². The van der Waals surface area contributed by atoms with Crippen LogP contribution < -0.4 is 0 Å². The van der Waals surface area contributed by atoms with Gasteiger partial charge in [-0.1, -0.05) is 66.7 Å². The van der Waals surface area contributed by atoms with Crippen molar-refractivity contribution in [2.75, 3.05) is 26.2 Å². The van der Waals surface area contributed by atoms with E-state index in [2.05, 4.69) is 40.2 Å². The lowest BCUT2D eigenvalue weighted by atomic mass is 10.1. The molecular formula is C26H26N4O2. The maximum absolute atomic E-state index is 12.4. The van der Waals surface area contributed by atoms with Crippen molar-refractivity contribution in [2.45, 2.75) is 13.2 Å². The summed E-state index contributed by atoms with van der Waals surface area (Å²) in [4.78, 5) is 24.7. The molecular weight excluding hydrogens is 400 g/mol. The number of aromatic amines is 1. The summed E-state index contributed by atoms with van der Waals surface area (Å²) in [6.07, 6.45) is -0.236. The summed E-state index contributed by atoms with van der Waals surface area (Å²) >= 11 is 0. The Morgan fingerprint density at radius 2 is 1.59 bits per heavy atom. The summed E-state index contributed by atoms with van der Waals surface area (Å²) in [5.74, 6) is 0.889. The highest BCUT2D eigenvalue weighted by Gasteiger charge is 2.22. The number of carbonyl (C=O) groups is 1. The fourth-order valence-corrected chi connectivity index (χ4v) is 4.04. The van der Waals surface area contributed by atoms with Crippen LogP contribution in [0.3, 0.4) is 0 Å². The maximum atomic E-state index is 12.4. The summed E-state index contributed by atoms with van der Waals surface area (Å²) in [5.41, 5.74) is 5.33. The zero-order valence-electron chi connectivity index (χ0n) is 17.9. The predicted octanol–water partition coefficient (Wildman–Crippen LogP) is 4.68. The molecule has 32 heavy (non-hydrogen) atoms. The van der Waals surface area contributed by atoms with Crippen LogP contribution in [0.2, 0.25) is 0 Å². The maximum Gasteiger partial charge on any atom is 0.410 e. The molecule has 0 bridgehead atoms. The van der Waals surface area contributed by atoms with Crippen molar-refractivity contribution >= 4 is 17.1 Å². The van der Waals surface area contributed by atoms with Crippen LogP contribution in [-0.4, -0.2) is 52.0 Å². The molecule has 162 valence electrons. The van der Waals surface area contributed by atoms with E-state index >= 15 is 0 Å². The van der Waals surface area contributed by atoms with Gasteiger partial charge in [-0.3, -0.25) is 4.90 Å². The molecule has 0 saturated carbocycles. The molecule has 2 heterocycles. The van der Waals surface area contributed by atoms with Crippen LogP contribution in [-0.2, 0) is 17.9 Å². The third-order valence-electron chi connectivity index (χ3n) is 5.84. The van der Waals surface area contributed by atoms with E-state index in [4.69, 9.17) is 9.72 Å². The van der Waals surface area contributed by atoms with Gasteiger partial charge in [-0.25, -0.2) is 9.78 Å². The van der Waals surface area contributed by atoms with Gasteiger partial charge < -0.3 is 14.6 Å². The first kappa shape index (κ1) is 20.3. The zero-order valence-corrected chi connectivity index (χ0v) is 17.9. The first-order valence-corrected chi connectivity index (χ1v) is 11.0. The van der Waals surface area contributed by atoms with Gasteiger partial charge in [0.1, 0.15) is 12.4 Å². The lowest BCUT2D eigenvalue weighted by molar-refractivity contribution is 0.0700. The van der Waals surface area contributed by atoms with Crippen LogP contribution in [0.25, 0.3) is 22.4 Å². The average Bonchev–Trinajstić information content (AvgIpc) is 3.28. The van der Waals surface area contributed by atoms with E-state index in [1.54, 1.807) is 4.90 Å². The normalized spacial score (nSPS) is 14.6. The molecule has 6 nitrogen and oxygen atoms in total.